The second kappa shape index (κ2) is 9.52. The summed E-state index contributed by atoms with van der Waals surface area (Å²) in [4.78, 5) is 34.9. The monoisotopic (exact) mass is 439 g/mol. The molecular weight excluding hydrogens is 418 g/mol. The molecule has 0 spiro atoms. The molecule has 0 aliphatic carbocycles. The van der Waals surface area contributed by atoms with Gasteiger partial charge in [0.25, 0.3) is 5.69 Å². The predicted molar refractivity (Wildman–Crippen MR) is 121 cm³/mol. The molecule has 2 aromatic carbocycles. The molecule has 1 atom stereocenters. The molecule has 0 saturated carbocycles. The number of carbonyl (C=O) groups is 2. The first-order valence-electron chi connectivity index (χ1n) is 9.45. The van der Waals surface area contributed by atoms with Crippen molar-refractivity contribution in [3.63, 3.8) is 0 Å². The van der Waals surface area contributed by atoms with Crippen LogP contribution < -0.4 is 10.6 Å². The van der Waals surface area contributed by atoms with Gasteiger partial charge in [0.15, 0.2) is 5.17 Å². The van der Waals surface area contributed by atoms with Gasteiger partial charge in [-0.05, 0) is 55.7 Å². The van der Waals surface area contributed by atoms with Crippen LogP contribution in [0.3, 0.4) is 0 Å². The van der Waals surface area contributed by atoms with Crippen LogP contribution in [-0.2, 0) is 9.59 Å². The number of amides is 2. The van der Waals surface area contributed by atoms with E-state index < -0.39 is 10.2 Å². The lowest BCUT2D eigenvalue weighted by Gasteiger charge is -2.11. The number of non-ortho nitro benzene ring substituents is 1. The van der Waals surface area contributed by atoms with Crippen molar-refractivity contribution in [3.8, 4) is 0 Å². The Bertz CT molecular complexity index is 1100. The Balaban J connectivity index is 1.61. The average molecular weight is 439 g/mol. The molecule has 1 aliphatic rings. The Morgan fingerprint density at radius 2 is 1.94 bits per heavy atom. The summed E-state index contributed by atoms with van der Waals surface area (Å²) in [5.74, 6) is -0.559. The minimum absolute atomic E-state index is 0.00789. The van der Waals surface area contributed by atoms with E-state index in [9.17, 15) is 19.7 Å². The number of carbonyl (C=O) groups excluding carboxylic acids is 2. The van der Waals surface area contributed by atoms with Crippen LogP contribution >= 0.6 is 11.8 Å². The fourth-order valence-corrected chi connectivity index (χ4v) is 3.76. The molecule has 3 rings (SSSR count). The maximum atomic E-state index is 12.4. The summed E-state index contributed by atoms with van der Waals surface area (Å²) in [5, 5.41) is 24.0. The van der Waals surface area contributed by atoms with Gasteiger partial charge in [-0.15, -0.1) is 5.10 Å². The molecule has 1 fully saturated rings. The maximum Gasteiger partial charge on any atom is 0.269 e. The molecule has 1 aliphatic heterocycles. The maximum absolute atomic E-state index is 12.4. The first kappa shape index (κ1) is 22.2. The van der Waals surface area contributed by atoms with Gasteiger partial charge in [0, 0.05) is 24.2 Å². The average Bonchev–Trinajstić information content (AvgIpc) is 3.08. The van der Waals surface area contributed by atoms with Crippen molar-refractivity contribution in [3.05, 3.63) is 69.3 Å². The largest absolute Gasteiger partial charge is 0.326 e. The fourth-order valence-electron chi connectivity index (χ4n) is 2.85. The van der Waals surface area contributed by atoms with E-state index in [2.05, 4.69) is 20.8 Å². The number of nitro groups is 1. The second-order valence-electron chi connectivity index (χ2n) is 6.99. The summed E-state index contributed by atoms with van der Waals surface area (Å²) >= 11 is 1.14. The normalized spacial score (nSPS) is 17.5. The van der Waals surface area contributed by atoms with E-state index in [1.165, 1.54) is 12.1 Å². The lowest BCUT2D eigenvalue weighted by Crippen LogP contribution is -2.28. The van der Waals surface area contributed by atoms with Crippen LogP contribution in [0.15, 0.2) is 52.7 Å². The first-order chi connectivity index (χ1) is 14.7. The van der Waals surface area contributed by atoms with Crippen LogP contribution in [0, 0.1) is 24.0 Å². The number of amidine groups is 1. The molecule has 2 amide bonds. The van der Waals surface area contributed by atoms with Crippen molar-refractivity contribution >= 4 is 45.8 Å². The van der Waals surface area contributed by atoms with Crippen molar-refractivity contribution in [2.24, 2.45) is 10.2 Å². The Hall–Kier alpha value is -3.53. The van der Waals surface area contributed by atoms with Crippen LogP contribution in [0.25, 0.3) is 0 Å². The summed E-state index contributed by atoms with van der Waals surface area (Å²) in [6, 6.07) is 11.6. The molecule has 1 saturated heterocycles. The topological polar surface area (TPSA) is 126 Å². The van der Waals surface area contributed by atoms with E-state index >= 15 is 0 Å². The summed E-state index contributed by atoms with van der Waals surface area (Å²) in [6.45, 7) is 5.60. The minimum Gasteiger partial charge on any atom is -0.326 e. The van der Waals surface area contributed by atoms with Gasteiger partial charge in [0.1, 0.15) is 5.25 Å². The van der Waals surface area contributed by atoms with Gasteiger partial charge in [-0.3, -0.25) is 19.7 Å². The Labute approximate surface area is 183 Å². The molecule has 9 nitrogen and oxygen atoms in total. The van der Waals surface area contributed by atoms with Crippen LogP contribution in [0.2, 0.25) is 0 Å². The summed E-state index contributed by atoms with van der Waals surface area (Å²) in [5.41, 5.74) is 3.98. The third kappa shape index (κ3) is 5.54. The van der Waals surface area contributed by atoms with E-state index in [1.807, 2.05) is 32.0 Å². The van der Waals surface area contributed by atoms with Crippen molar-refractivity contribution < 1.29 is 14.5 Å². The van der Waals surface area contributed by atoms with Crippen molar-refractivity contribution in [1.29, 1.82) is 0 Å². The number of benzene rings is 2. The zero-order valence-electron chi connectivity index (χ0n) is 17.2. The summed E-state index contributed by atoms with van der Waals surface area (Å²) < 4.78 is 0. The number of hydrogen-bond donors (Lipinski definition) is 2. The smallest absolute Gasteiger partial charge is 0.269 e. The van der Waals surface area contributed by atoms with Crippen molar-refractivity contribution in [2.75, 3.05) is 5.32 Å². The number of rotatable bonds is 6. The van der Waals surface area contributed by atoms with Crippen LogP contribution in [0.4, 0.5) is 11.4 Å². The van der Waals surface area contributed by atoms with E-state index in [1.54, 1.807) is 19.1 Å². The van der Waals surface area contributed by atoms with E-state index in [4.69, 9.17) is 0 Å². The number of anilines is 1. The minimum atomic E-state index is -0.598. The molecule has 0 aromatic heterocycles. The summed E-state index contributed by atoms with van der Waals surface area (Å²) in [6.07, 6.45) is 0.00789. The molecule has 0 bridgehead atoms. The fraction of sp³-hybridized carbons (Fsp3) is 0.238. The van der Waals surface area contributed by atoms with Gasteiger partial charge < -0.3 is 10.6 Å². The molecule has 160 valence electrons. The van der Waals surface area contributed by atoms with Crippen LogP contribution in [0.5, 0.6) is 0 Å². The molecule has 1 heterocycles. The third-order valence-corrected chi connectivity index (χ3v) is 5.88. The Kier molecular flexibility index (Phi) is 6.81. The Morgan fingerprint density at radius 3 is 2.61 bits per heavy atom. The zero-order valence-corrected chi connectivity index (χ0v) is 18.0. The molecule has 31 heavy (non-hydrogen) atoms. The molecule has 0 radical (unpaired) electrons. The van der Waals surface area contributed by atoms with Gasteiger partial charge in [0.05, 0.1) is 10.6 Å². The third-order valence-electron chi connectivity index (χ3n) is 4.81. The van der Waals surface area contributed by atoms with Gasteiger partial charge in [0.2, 0.25) is 11.8 Å². The molecule has 2 aromatic rings. The Morgan fingerprint density at radius 1 is 1.23 bits per heavy atom. The summed E-state index contributed by atoms with van der Waals surface area (Å²) in [7, 11) is 0. The highest BCUT2D eigenvalue weighted by atomic mass is 32.2. The number of nitrogens with one attached hydrogen (secondary N) is 2. The van der Waals surface area contributed by atoms with Crippen molar-refractivity contribution in [1.82, 2.24) is 5.32 Å². The highest BCUT2D eigenvalue weighted by molar-refractivity contribution is 8.15. The number of hydrogen-bond acceptors (Lipinski definition) is 7. The molecular formula is C21H21N5O4S. The lowest BCUT2D eigenvalue weighted by molar-refractivity contribution is -0.384. The number of aryl methyl sites for hydroxylation is 1. The second-order valence-corrected chi connectivity index (χ2v) is 8.18. The van der Waals surface area contributed by atoms with Crippen molar-refractivity contribution in [2.45, 2.75) is 32.4 Å². The van der Waals surface area contributed by atoms with E-state index in [0.29, 0.717) is 16.4 Å². The standard InChI is InChI=1S/C21H21N5O4S/c1-12-5-4-6-17(13(12)2)22-19(27)11-18-20(28)23-21(31-18)25-24-14(3)15-7-9-16(10-8-15)26(29)30/h4-10,18H,11H2,1-3H3,(H,22,27)(H,23,25,28)/b24-14-. The van der Waals surface area contributed by atoms with Gasteiger partial charge in [-0.1, -0.05) is 23.9 Å². The van der Waals surface area contributed by atoms with E-state index in [-0.39, 0.29) is 23.9 Å². The first-order valence-corrected chi connectivity index (χ1v) is 10.3. The zero-order chi connectivity index (χ0) is 22.5. The highest BCUT2D eigenvalue weighted by Gasteiger charge is 2.32. The number of nitrogens with zero attached hydrogens (tertiary/aromatic N) is 3. The molecule has 10 heteroatoms. The quantitative estimate of drug-likeness (QED) is 0.404. The predicted octanol–water partition coefficient (Wildman–Crippen LogP) is 3.55. The van der Waals surface area contributed by atoms with Gasteiger partial charge >= 0.3 is 0 Å². The van der Waals surface area contributed by atoms with Gasteiger partial charge in [-0.25, -0.2) is 0 Å². The molecule has 1 unspecified atom stereocenters. The molecule has 2 N–H and O–H groups in total. The number of nitro benzene ring substituents is 1. The number of thioether (sulfide) groups is 1. The van der Waals surface area contributed by atoms with Crippen LogP contribution in [-0.4, -0.2) is 32.9 Å². The van der Waals surface area contributed by atoms with E-state index in [0.717, 1.165) is 28.6 Å². The van der Waals surface area contributed by atoms with Gasteiger partial charge in [-0.2, -0.15) is 5.10 Å². The highest BCUT2D eigenvalue weighted by Crippen LogP contribution is 2.24. The SMILES string of the molecule is C/C(=N/N=C1\NC(=O)C(CC(=O)Nc2cccc(C)c2C)S1)c1ccc([N+](=O)[O-])cc1. The lowest BCUT2D eigenvalue weighted by atomic mass is 10.1. The van der Waals surface area contributed by atoms with Crippen LogP contribution in [0.1, 0.15) is 30.0 Å².